The molecule has 1 aliphatic carbocycles. The Morgan fingerprint density at radius 1 is 1.07 bits per heavy atom. The van der Waals surface area contributed by atoms with Crippen molar-refractivity contribution in [3.8, 4) is 11.5 Å². The van der Waals surface area contributed by atoms with Crippen molar-refractivity contribution in [3.05, 3.63) is 66.1 Å². The molecule has 2 unspecified atom stereocenters. The van der Waals surface area contributed by atoms with Crippen LogP contribution in [0.25, 0.3) is 0 Å². The first kappa shape index (κ1) is 33.4. The normalized spacial score (nSPS) is 20.6. The van der Waals surface area contributed by atoms with Crippen molar-refractivity contribution >= 4 is 23.5 Å². The van der Waals surface area contributed by atoms with E-state index < -0.39 is 11.9 Å². The summed E-state index contributed by atoms with van der Waals surface area (Å²) in [6, 6.07) is 13.9. The van der Waals surface area contributed by atoms with E-state index in [2.05, 4.69) is 46.0 Å². The van der Waals surface area contributed by atoms with Gasteiger partial charge in [0, 0.05) is 50.7 Å². The third kappa shape index (κ3) is 9.07. The van der Waals surface area contributed by atoms with Gasteiger partial charge in [0.25, 0.3) is 0 Å². The summed E-state index contributed by atoms with van der Waals surface area (Å²) in [4.78, 5) is 29.0. The Morgan fingerprint density at radius 2 is 1.85 bits per heavy atom. The van der Waals surface area contributed by atoms with Gasteiger partial charge in [-0.1, -0.05) is 32.4 Å². The Bertz CT molecular complexity index is 1430. The van der Waals surface area contributed by atoms with Gasteiger partial charge in [0.2, 0.25) is 5.95 Å². The number of anilines is 3. The molecule has 248 valence electrons. The molecule has 10 nitrogen and oxygen atoms in total. The maximum absolute atomic E-state index is 15.0. The molecule has 0 spiro atoms. The molecule has 1 amide bonds. The first-order valence-electron chi connectivity index (χ1n) is 16.3. The maximum atomic E-state index is 15.0. The lowest BCUT2D eigenvalue weighted by Crippen LogP contribution is -2.44. The second-order valence-electron chi connectivity index (χ2n) is 12.5. The van der Waals surface area contributed by atoms with Crippen molar-refractivity contribution in [2.45, 2.75) is 52.2 Å². The first-order chi connectivity index (χ1) is 22.3. The lowest BCUT2D eigenvalue weighted by Gasteiger charge is -2.35. The van der Waals surface area contributed by atoms with Gasteiger partial charge in [0.15, 0.2) is 11.6 Å². The molecule has 2 aliphatic rings. The molecule has 11 heteroatoms. The van der Waals surface area contributed by atoms with Gasteiger partial charge in [0.1, 0.15) is 17.7 Å². The number of halogens is 1. The van der Waals surface area contributed by atoms with Crippen LogP contribution in [0.2, 0.25) is 0 Å². The summed E-state index contributed by atoms with van der Waals surface area (Å²) in [6.45, 7) is 10.1. The number of hydrogen-bond acceptors (Lipinski definition) is 9. The molecule has 2 aromatic carbocycles. The van der Waals surface area contributed by atoms with Crippen LogP contribution >= 0.6 is 0 Å². The van der Waals surface area contributed by atoms with Crippen molar-refractivity contribution in [1.29, 1.82) is 0 Å². The quantitative estimate of drug-likeness (QED) is 0.229. The monoisotopic (exact) mass is 634 g/mol. The van der Waals surface area contributed by atoms with E-state index in [1.807, 2.05) is 24.3 Å². The Morgan fingerprint density at radius 3 is 2.59 bits per heavy atom. The van der Waals surface area contributed by atoms with Crippen LogP contribution in [-0.2, 0) is 11.3 Å². The second kappa shape index (κ2) is 16.0. The van der Waals surface area contributed by atoms with Crippen molar-refractivity contribution in [1.82, 2.24) is 19.8 Å². The van der Waals surface area contributed by atoms with Crippen LogP contribution < -0.4 is 19.7 Å². The van der Waals surface area contributed by atoms with Crippen LogP contribution in [0.3, 0.4) is 0 Å². The first-order valence-corrected chi connectivity index (χ1v) is 16.3. The van der Waals surface area contributed by atoms with Crippen molar-refractivity contribution in [2.75, 3.05) is 63.7 Å². The minimum absolute atomic E-state index is 0.177. The van der Waals surface area contributed by atoms with E-state index >= 15 is 0 Å². The summed E-state index contributed by atoms with van der Waals surface area (Å²) in [5.41, 5.74) is 1.32. The number of rotatable bonds is 12. The second-order valence-corrected chi connectivity index (χ2v) is 12.5. The molecule has 1 aromatic heterocycles. The summed E-state index contributed by atoms with van der Waals surface area (Å²) < 4.78 is 32.3. The number of amides is 1. The molecule has 2 heterocycles. The molecule has 3 aromatic rings. The number of carbonyl (C=O) groups is 1. The highest BCUT2D eigenvalue weighted by molar-refractivity contribution is 5.86. The van der Waals surface area contributed by atoms with Crippen molar-refractivity contribution in [3.63, 3.8) is 0 Å². The molecule has 1 aliphatic heterocycles. The fourth-order valence-corrected chi connectivity index (χ4v) is 6.18. The fraction of sp³-hybridized carbons (Fsp3) is 0.514. The summed E-state index contributed by atoms with van der Waals surface area (Å²) in [5.74, 6) is 1.55. The van der Waals surface area contributed by atoms with Gasteiger partial charge in [-0.2, -0.15) is 4.98 Å². The Balaban J connectivity index is 1.25. The highest BCUT2D eigenvalue weighted by Crippen LogP contribution is 2.32. The molecule has 46 heavy (non-hydrogen) atoms. The highest BCUT2D eigenvalue weighted by Gasteiger charge is 2.33. The van der Waals surface area contributed by atoms with Gasteiger partial charge in [0.05, 0.1) is 20.3 Å². The van der Waals surface area contributed by atoms with Crippen molar-refractivity contribution < 1.29 is 23.4 Å². The lowest BCUT2D eigenvalue weighted by atomic mass is 9.81. The van der Waals surface area contributed by atoms with Crippen LogP contribution in [0.1, 0.15) is 45.1 Å². The Hall–Kier alpha value is -3.96. The lowest BCUT2D eigenvalue weighted by molar-refractivity contribution is 0.0131. The van der Waals surface area contributed by atoms with Crippen LogP contribution in [0.4, 0.5) is 26.6 Å². The zero-order valence-corrected chi connectivity index (χ0v) is 27.5. The van der Waals surface area contributed by atoms with Gasteiger partial charge in [-0.3, -0.25) is 4.90 Å². The van der Waals surface area contributed by atoms with Crippen LogP contribution in [-0.4, -0.2) is 85.5 Å². The molecule has 0 bridgehead atoms. The molecule has 1 saturated heterocycles. The number of methoxy groups -OCH3 is 1. The van der Waals surface area contributed by atoms with Crippen molar-refractivity contribution in [2.24, 2.45) is 11.8 Å². The number of piperazine rings is 1. The number of likely N-dealkylation sites (N-methyl/N-ethyl adjacent to an activating group) is 1. The molecule has 1 saturated carbocycles. The predicted molar refractivity (Wildman–Crippen MR) is 177 cm³/mol. The Kier molecular flexibility index (Phi) is 11.7. The van der Waals surface area contributed by atoms with Gasteiger partial charge in [-0.25, -0.2) is 14.2 Å². The average molecular weight is 635 g/mol. The third-order valence-corrected chi connectivity index (χ3v) is 8.95. The standard InChI is InChI=1S/C35H47FN6O4/c1-25-8-5-9-26(2)33(25)46-35(43)42(24-27-10-6-11-29(22-27)44-4)32-14-15-37-34(39-32)38-28-12-13-31(30(36)23-28)45-21-7-16-41-19-17-40(3)18-20-41/h6,10-15,22-23,25-26,33H,5,7-9,16-21,24H2,1-4H3,(H,37,38,39). The number of nitrogens with one attached hydrogen (secondary N) is 1. The number of nitrogens with zero attached hydrogens (tertiary/aromatic N) is 5. The highest BCUT2D eigenvalue weighted by atomic mass is 19.1. The zero-order chi connectivity index (χ0) is 32.5. The zero-order valence-electron chi connectivity index (χ0n) is 27.5. The fourth-order valence-electron chi connectivity index (χ4n) is 6.18. The number of ether oxygens (including phenoxy) is 3. The number of hydrogen-bond donors (Lipinski definition) is 1. The van der Waals surface area contributed by atoms with Crippen LogP contribution in [0, 0.1) is 17.7 Å². The summed E-state index contributed by atoms with van der Waals surface area (Å²) in [6.07, 6.45) is 4.93. The molecular formula is C35H47FN6O4. The molecule has 5 rings (SSSR count). The largest absolute Gasteiger partial charge is 0.497 e. The van der Waals surface area contributed by atoms with Crippen LogP contribution in [0.5, 0.6) is 11.5 Å². The smallest absolute Gasteiger partial charge is 0.416 e. The molecule has 2 atom stereocenters. The maximum Gasteiger partial charge on any atom is 0.416 e. The van der Waals surface area contributed by atoms with Gasteiger partial charge in [-0.05, 0) is 74.0 Å². The van der Waals surface area contributed by atoms with E-state index in [9.17, 15) is 9.18 Å². The van der Waals surface area contributed by atoms with E-state index in [1.165, 1.54) is 11.0 Å². The van der Waals surface area contributed by atoms with E-state index in [0.29, 0.717) is 23.9 Å². The molecule has 0 radical (unpaired) electrons. The number of carbonyl (C=O) groups excluding carboxylic acids is 1. The third-order valence-electron chi connectivity index (χ3n) is 8.95. The van der Waals surface area contributed by atoms with E-state index in [0.717, 1.165) is 64.0 Å². The van der Waals surface area contributed by atoms with Crippen LogP contribution in [0.15, 0.2) is 54.7 Å². The topological polar surface area (TPSA) is 92.3 Å². The van der Waals surface area contributed by atoms with Gasteiger partial charge >= 0.3 is 6.09 Å². The van der Waals surface area contributed by atoms with E-state index in [4.69, 9.17) is 14.2 Å². The summed E-state index contributed by atoms with van der Waals surface area (Å²) in [5, 5.41) is 3.07. The average Bonchev–Trinajstić information content (AvgIpc) is 3.05. The van der Waals surface area contributed by atoms with E-state index in [-0.39, 0.29) is 36.2 Å². The van der Waals surface area contributed by atoms with Gasteiger partial charge in [-0.15, -0.1) is 0 Å². The van der Waals surface area contributed by atoms with E-state index in [1.54, 1.807) is 31.5 Å². The predicted octanol–water partition coefficient (Wildman–Crippen LogP) is 6.35. The molecule has 2 fully saturated rings. The minimum atomic E-state index is -0.474. The molecule has 1 N–H and O–H groups in total. The minimum Gasteiger partial charge on any atom is -0.497 e. The SMILES string of the molecule is COc1cccc(CN(C(=O)OC2C(C)CCCC2C)c2ccnc(Nc3ccc(OCCCN4CCN(C)CC4)c(F)c3)n2)c1. The van der Waals surface area contributed by atoms with Gasteiger partial charge < -0.3 is 29.3 Å². The number of benzene rings is 2. The Labute approximate surface area is 271 Å². The summed E-state index contributed by atoms with van der Waals surface area (Å²) in [7, 11) is 3.75. The molecular weight excluding hydrogens is 587 g/mol. The summed E-state index contributed by atoms with van der Waals surface area (Å²) >= 11 is 0. The number of aromatic nitrogens is 2.